The van der Waals surface area contributed by atoms with Gasteiger partial charge in [0.05, 0.1) is 6.10 Å². The average molecular weight is 344 g/mol. The van der Waals surface area contributed by atoms with E-state index in [0.29, 0.717) is 18.0 Å². The van der Waals surface area contributed by atoms with Gasteiger partial charge in [0.15, 0.2) is 0 Å². The molecule has 0 bridgehead atoms. The molecule has 0 aliphatic rings. The first-order valence-electron chi connectivity index (χ1n) is 7.72. The second kappa shape index (κ2) is 7.47. The minimum absolute atomic E-state index is 0.0982. The molecule has 124 valence electrons. The Labute approximate surface area is 144 Å². The predicted octanol–water partition coefficient (Wildman–Crippen LogP) is 2.93. The van der Waals surface area contributed by atoms with Crippen LogP contribution in [0.3, 0.4) is 0 Å². The van der Waals surface area contributed by atoms with Crippen molar-refractivity contribution < 1.29 is 9.90 Å². The summed E-state index contributed by atoms with van der Waals surface area (Å²) < 4.78 is 2.02. The first-order valence-corrected chi connectivity index (χ1v) is 8.10. The molecule has 0 saturated carbocycles. The molecule has 3 aromatic rings. The Morgan fingerprint density at radius 1 is 1.25 bits per heavy atom. The summed E-state index contributed by atoms with van der Waals surface area (Å²) in [5, 5.41) is 14.5. The Bertz CT molecular complexity index is 833. The molecule has 0 spiro atoms. The maximum absolute atomic E-state index is 12.0. The van der Waals surface area contributed by atoms with Crippen LogP contribution in [0.25, 0.3) is 10.9 Å². The SMILES string of the molecule is O=C(CCn1ccc2cc(Cl)ccc21)NC[C@@H](O)c1ccncc1. The molecule has 0 aliphatic heterocycles. The monoisotopic (exact) mass is 343 g/mol. The van der Waals surface area contributed by atoms with Crippen molar-refractivity contribution in [3.63, 3.8) is 0 Å². The number of halogens is 1. The molecule has 2 heterocycles. The predicted molar refractivity (Wildman–Crippen MR) is 93.8 cm³/mol. The number of hydrogen-bond donors (Lipinski definition) is 2. The number of fused-ring (bicyclic) bond motifs is 1. The Balaban J connectivity index is 1.52. The number of benzene rings is 1. The fourth-order valence-electron chi connectivity index (χ4n) is 2.59. The van der Waals surface area contributed by atoms with Gasteiger partial charge >= 0.3 is 0 Å². The van der Waals surface area contributed by atoms with E-state index in [1.807, 2.05) is 35.0 Å². The standard InChI is InChI=1S/C18H18ClN3O2/c19-15-1-2-16-14(11-15)5-9-22(16)10-6-18(24)21-12-17(23)13-3-7-20-8-4-13/h1-5,7-9,11,17,23H,6,10,12H2,(H,21,24)/t17-/m1/s1. The van der Waals surface area contributed by atoms with Crippen molar-refractivity contribution in [2.24, 2.45) is 0 Å². The summed E-state index contributed by atoms with van der Waals surface area (Å²) in [6.07, 6.45) is 4.79. The largest absolute Gasteiger partial charge is 0.387 e. The quantitative estimate of drug-likeness (QED) is 0.723. The Morgan fingerprint density at radius 3 is 2.83 bits per heavy atom. The number of rotatable bonds is 6. The van der Waals surface area contributed by atoms with Crippen LogP contribution in [-0.2, 0) is 11.3 Å². The number of carbonyl (C=O) groups excluding carboxylic acids is 1. The third kappa shape index (κ3) is 3.93. The summed E-state index contributed by atoms with van der Waals surface area (Å²) in [6, 6.07) is 11.1. The lowest BCUT2D eigenvalue weighted by Crippen LogP contribution is -2.29. The van der Waals surface area contributed by atoms with Crippen LogP contribution >= 0.6 is 11.6 Å². The second-order valence-electron chi connectivity index (χ2n) is 5.56. The van der Waals surface area contributed by atoms with E-state index in [9.17, 15) is 9.90 Å². The van der Waals surface area contributed by atoms with Crippen LogP contribution in [0, 0.1) is 0 Å². The van der Waals surface area contributed by atoms with E-state index in [4.69, 9.17) is 11.6 Å². The normalized spacial score (nSPS) is 12.2. The first-order chi connectivity index (χ1) is 11.6. The Kier molecular flexibility index (Phi) is 5.13. The van der Waals surface area contributed by atoms with Crippen LogP contribution in [0.5, 0.6) is 0 Å². The van der Waals surface area contributed by atoms with E-state index in [2.05, 4.69) is 10.3 Å². The molecule has 1 amide bonds. The number of carbonyl (C=O) groups is 1. The van der Waals surface area contributed by atoms with Crippen molar-refractivity contribution in [3.05, 3.63) is 65.6 Å². The van der Waals surface area contributed by atoms with Crippen molar-refractivity contribution in [1.29, 1.82) is 0 Å². The van der Waals surface area contributed by atoms with Gasteiger partial charge in [0, 0.05) is 54.0 Å². The van der Waals surface area contributed by atoms with Gasteiger partial charge in [0.25, 0.3) is 0 Å². The number of aromatic nitrogens is 2. The third-order valence-electron chi connectivity index (χ3n) is 3.90. The van der Waals surface area contributed by atoms with Gasteiger partial charge in [-0.3, -0.25) is 9.78 Å². The van der Waals surface area contributed by atoms with E-state index < -0.39 is 6.10 Å². The van der Waals surface area contributed by atoms with E-state index in [1.54, 1.807) is 24.5 Å². The zero-order chi connectivity index (χ0) is 16.9. The van der Waals surface area contributed by atoms with E-state index in [-0.39, 0.29) is 12.5 Å². The molecule has 1 aromatic carbocycles. The molecular formula is C18H18ClN3O2. The third-order valence-corrected chi connectivity index (χ3v) is 4.13. The second-order valence-corrected chi connectivity index (χ2v) is 6.00. The molecule has 2 aromatic heterocycles. The summed E-state index contributed by atoms with van der Waals surface area (Å²) in [5.41, 5.74) is 1.78. The van der Waals surface area contributed by atoms with Crippen LogP contribution in [0.15, 0.2) is 55.0 Å². The van der Waals surface area contributed by atoms with Crippen LogP contribution in [0.4, 0.5) is 0 Å². The lowest BCUT2D eigenvalue weighted by Gasteiger charge is -2.12. The molecule has 0 saturated heterocycles. The lowest BCUT2D eigenvalue weighted by atomic mass is 10.1. The minimum Gasteiger partial charge on any atom is -0.387 e. The van der Waals surface area contributed by atoms with Gasteiger partial charge < -0.3 is 15.0 Å². The van der Waals surface area contributed by atoms with Gasteiger partial charge in [-0.15, -0.1) is 0 Å². The van der Waals surface area contributed by atoms with E-state index in [1.165, 1.54) is 0 Å². The van der Waals surface area contributed by atoms with Gasteiger partial charge in [-0.25, -0.2) is 0 Å². The molecular weight excluding hydrogens is 326 g/mol. The van der Waals surface area contributed by atoms with Crippen LogP contribution in [-0.4, -0.2) is 27.1 Å². The summed E-state index contributed by atoms with van der Waals surface area (Å²) in [6.45, 7) is 0.757. The molecule has 3 rings (SSSR count). The Hall–Kier alpha value is -2.37. The highest BCUT2D eigenvalue weighted by atomic mass is 35.5. The van der Waals surface area contributed by atoms with Crippen molar-refractivity contribution in [2.75, 3.05) is 6.54 Å². The highest BCUT2D eigenvalue weighted by molar-refractivity contribution is 6.31. The van der Waals surface area contributed by atoms with E-state index in [0.717, 1.165) is 16.5 Å². The molecule has 0 radical (unpaired) electrons. The first kappa shape index (κ1) is 16.5. The molecule has 6 heteroatoms. The fraction of sp³-hybridized carbons (Fsp3) is 0.222. The van der Waals surface area contributed by atoms with Crippen molar-refractivity contribution in [1.82, 2.24) is 14.9 Å². The molecule has 1 atom stereocenters. The molecule has 2 N–H and O–H groups in total. The molecule has 0 fully saturated rings. The molecule has 0 aliphatic carbocycles. The smallest absolute Gasteiger partial charge is 0.221 e. The number of aryl methyl sites for hydroxylation is 1. The number of nitrogens with zero attached hydrogens (tertiary/aromatic N) is 2. The number of aliphatic hydroxyl groups is 1. The maximum atomic E-state index is 12.0. The number of amides is 1. The highest BCUT2D eigenvalue weighted by Crippen LogP contribution is 2.20. The van der Waals surface area contributed by atoms with Gasteiger partial charge in [0.1, 0.15) is 0 Å². The topological polar surface area (TPSA) is 67.2 Å². The number of hydrogen-bond acceptors (Lipinski definition) is 3. The molecule has 0 unspecified atom stereocenters. The summed E-state index contributed by atoms with van der Waals surface area (Å²) in [4.78, 5) is 15.9. The van der Waals surface area contributed by atoms with Crippen LogP contribution < -0.4 is 5.32 Å². The lowest BCUT2D eigenvalue weighted by molar-refractivity contribution is -0.121. The molecule has 24 heavy (non-hydrogen) atoms. The fourth-order valence-corrected chi connectivity index (χ4v) is 2.77. The molecule has 5 nitrogen and oxygen atoms in total. The average Bonchev–Trinajstić information content (AvgIpc) is 3.00. The summed E-state index contributed by atoms with van der Waals surface area (Å²) in [5.74, 6) is -0.0982. The number of pyridine rings is 1. The van der Waals surface area contributed by atoms with Crippen molar-refractivity contribution >= 4 is 28.4 Å². The van der Waals surface area contributed by atoms with E-state index >= 15 is 0 Å². The summed E-state index contributed by atoms with van der Waals surface area (Å²) in [7, 11) is 0. The van der Waals surface area contributed by atoms with Gasteiger partial charge in [0.2, 0.25) is 5.91 Å². The summed E-state index contributed by atoms with van der Waals surface area (Å²) >= 11 is 5.98. The maximum Gasteiger partial charge on any atom is 0.221 e. The van der Waals surface area contributed by atoms with Crippen molar-refractivity contribution in [2.45, 2.75) is 19.1 Å². The van der Waals surface area contributed by atoms with Gasteiger partial charge in [-0.05, 0) is 42.0 Å². The van der Waals surface area contributed by atoms with Gasteiger partial charge in [-0.1, -0.05) is 11.6 Å². The van der Waals surface area contributed by atoms with Crippen molar-refractivity contribution in [3.8, 4) is 0 Å². The van der Waals surface area contributed by atoms with Gasteiger partial charge in [-0.2, -0.15) is 0 Å². The Morgan fingerprint density at radius 2 is 2.04 bits per heavy atom. The van der Waals surface area contributed by atoms with Crippen LogP contribution in [0.2, 0.25) is 5.02 Å². The van der Waals surface area contributed by atoms with Crippen LogP contribution in [0.1, 0.15) is 18.1 Å². The number of nitrogens with one attached hydrogen (secondary N) is 1. The highest BCUT2D eigenvalue weighted by Gasteiger charge is 2.10. The minimum atomic E-state index is -0.730. The zero-order valence-corrected chi connectivity index (χ0v) is 13.8. The number of aliphatic hydroxyl groups excluding tert-OH is 1. The zero-order valence-electron chi connectivity index (χ0n) is 13.0.